The van der Waals surface area contributed by atoms with Crippen LogP contribution in [0.5, 0.6) is 0 Å². The van der Waals surface area contributed by atoms with E-state index in [9.17, 15) is 9.59 Å². The Labute approximate surface area is 162 Å². The number of nitrogens with zero attached hydrogens (tertiary/aromatic N) is 3. The number of benzene rings is 2. The van der Waals surface area contributed by atoms with E-state index >= 15 is 0 Å². The Balaban J connectivity index is 1.71. The van der Waals surface area contributed by atoms with Crippen LogP contribution in [0.15, 0.2) is 53.3 Å². The third kappa shape index (κ3) is 3.34. The van der Waals surface area contributed by atoms with Crippen LogP contribution < -0.4 is 10.1 Å². The van der Waals surface area contributed by atoms with Crippen LogP contribution in [0.3, 0.4) is 0 Å². The van der Waals surface area contributed by atoms with E-state index in [1.165, 1.54) is 23.0 Å². The highest BCUT2D eigenvalue weighted by Crippen LogP contribution is 2.19. The average molecular weight is 398 g/mol. The van der Waals surface area contributed by atoms with Gasteiger partial charge in [0.2, 0.25) is 4.96 Å². The minimum absolute atomic E-state index is 0.236. The van der Waals surface area contributed by atoms with Gasteiger partial charge in [0.25, 0.3) is 5.56 Å². The van der Waals surface area contributed by atoms with Gasteiger partial charge in [0.1, 0.15) is 0 Å². The summed E-state index contributed by atoms with van der Waals surface area (Å²) in [7, 11) is 1.33. The van der Waals surface area contributed by atoms with Gasteiger partial charge in [-0.05, 0) is 48.0 Å². The molecule has 0 spiro atoms. The minimum Gasteiger partial charge on any atom is -0.465 e. The van der Waals surface area contributed by atoms with Gasteiger partial charge >= 0.3 is 5.97 Å². The molecule has 0 unspecified atom stereocenters. The molecule has 0 aliphatic heterocycles. The number of carbonyl (C=O) groups excluding carboxylic acids is 1. The van der Waals surface area contributed by atoms with E-state index < -0.39 is 5.97 Å². The van der Waals surface area contributed by atoms with Crippen molar-refractivity contribution in [3.8, 4) is 11.4 Å². The molecule has 0 amide bonds. The van der Waals surface area contributed by atoms with Gasteiger partial charge < -0.3 is 4.74 Å². The number of methoxy groups -OCH3 is 1. The largest absolute Gasteiger partial charge is 0.465 e. The summed E-state index contributed by atoms with van der Waals surface area (Å²) in [4.78, 5) is 29.0. The molecule has 0 saturated carbocycles. The quantitative estimate of drug-likeness (QED) is 0.497. The summed E-state index contributed by atoms with van der Waals surface area (Å²) < 4.78 is 6.48. The van der Waals surface area contributed by atoms with Crippen LogP contribution in [0.2, 0.25) is 5.02 Å². The van der Waals surface area contributed by atoms with Crippen molar-refractivity contribution in [1.82, 2.24) is 14.6 Å². The van der Waals surface area contributed by atoms with Gasteiger partial charge in [0.05, 0.1) is 17.2 Å². The number of hydrogen-bond acceptors (Lipinski definition) is 6. The number of rotatable bonds is 3. The highest BCUT2D eigenvalue weighted by atomic mass is 35.5. The van der Waals surface area contributed by atoms with Crippen molar-refractivity contribution >= 4 is 39.9 Å². The minimum atomic E-state index is -0.403. The third-order valence-electron chi connectivity index (χ3n) is 3.91. The molecule has 4 aromatic rings. The number of ether oxygens (including phenoxy) is 1. The lowest BCUT2D eigenvalue weighted by atomic mass is 10.1. The Hall–Kier alpha value is -3.03. The van der Waals surface area contributed by atoms with Crippen molar-refractivity contribution in [2.45, 2.75) is 0 Å². The molecule has 0 aliphatic rings. The Morgan fingerprint density at radius 3 is 2.48 bits per heavy atom. The van der Waals surface area contributed by atoms with Crippen LogP contribution in [0, 0.1) is 0 Å². The number of esters is 1. The zero-order valence-electron chi connectivity index (χ0n) is 14.0. The van der Waals surface area contributed by atoms with E-state index in [2.05, 4.69) is 14.8 Å². The maximum Gasteiger partial charge on any atom is 0.337 e. The van der Waals surface area contributed by atoms with Crippen molar-refractivity contribution < 1.29 is 9.53 Å². The van der Waals surface area contributed by atoms with Crippen LogP contribution in [-0.2, 0) is 4.74 Å². The number of hydrogen-bond donors (Lipinski definition) is 0. The maximum absolute atomic E-state index is 12.6. The number of fused-ring (bicyclic) bond motifs is 1. The number of thiazole rings is 1. The summed E-state index contributed by atoms with van der Waals surface area (Å²) in [5.41, 5.74) is 1.80. The van der Waals surface area contributed by atoms with Gasteiger partial charge in [-0.3, -0.25) is 4.79 Å². The standard InChI is InChI=1S/C19H12ClN3O3S/c1-26-18(25)13-4-2-11(3-5-13)10-15-17(24)23-19(27-15)21-16(22-23)12-6-8-14(20)9-7-12/h2-10H,1H3. The summed E-state index contributed by atoms with van der Waals surface area (Å²) in [6.45, 7) is 0. The lowest BCUT2D eigenvalue weighted by molar-refractivity contribution is 0.0600. The molecule has 0 radical (unpaired) electrons. The molecule has 134 valence electrons. The zero-order chi connectivity index (χ0) is 19.0. The molecular formula is C19H12ClN3O3S. The predicted molar refractivity (Wildman–Crippen MR) is 104 cm³/mol. The molecule has 0 fully saturated rings. The molecule has 0 aliphatic carbocycles. The van der Waals surface area contributed by atoms with Crippen LogP contribution in [0.25, 0.3) is 22.4 Å². The third-order valence-corrected chi connectivity index (χ3v) is 5.12. The Morgan fingerprint density at radius 1 is 1.15 bits per heavy atom. The van der Waals surface area contributed by atoms with Crippen molar-refractivity contribution in [3.05, 3.63) is 79.6 Å². The van der Waals surface area contributed by atoms with E-state index in [0.29, 0.717) is 25.9 Å². The van der Waals surface area contributed by atoms with E-state index in [1.54, 1.807) is 42.5 Å². The summed E-state index contributed by atoms with van der Waals surface area (Å²) in [6.07, 6.45) is 1.74. The van der Waals surface area contributed by atoms with Gasteiger partial charge in [0.15, 0.2) is 5.82 Å². The number of carbonyl (C=O) groups is 1. The molecule has 4 rings (SSSR count). The summed E-state index contributed by atoms with van der Waals surface area (Å²) in [5.74, 6) is 0.0728. The van der Waals surface area contributed by atoms with Crippen molar-refractivity contribution in [2.75, 3.05) is 7.11 Å². The van der Waals surface area contributed by atoms with Gasteiger partial charge in [0, 0.05) is 10.6 Å². The fourth-order valence-electron chi connectivity index (χ4n) is 2.54. The Morgan fingerprint density at radius 2 is 1.85 bits per heavy atom. The number of halogens is 1. The fourth-order valence-corrected chi connectivity index (χ4v) is 3.57. The summed E-state index contributed by atoms with van der Waals surface area (Å²) >= 11 is 7.15. The van der Waals surface area contributed by atoms with Crippen LogP contribution in [0.4, 0.5) is 0 Å². The topological polar surface area (TPSA) is 73.6 Å². The maximum atomic E-state index is 12.6. The van der Waals surface area contributed by atoms with Crippen LogP contribution in [0.1, 0.15) is 15.9 Å². The normalized spacial score (nSPS) is 11.9. The van der Waals surface area contributed by atoms with Gasteiger partial charge in [-0.25, -0.2) is 4.79 Å². The van der Waals surface area contributed by atoms with Gasteiger partial charge in [-0.2, -0.15) is 9.50 Å². The average Bonchev–Trinajstić information content (AvgIpc) is 3.22. The monoisotopic (exact) mass is 397 g/mol. The molecule has 2 heterocycles. The van der Waals surface area contributed by atoms with Gasteiger partial charge in [-0.1, -0.05) is 35.1 Å². The smallest absolute Gasteiger partial charge is 0.337 e. The van der Waals surface area contributed by atoms with E-state index in [4.69, 9.17) is 11.6 Å². The molecule has 2 aromatic carbocycles. The molecule has 0 bridgehead atoms. The van der Waals surface area contributed by atoms with Crippen LogP contribution >= 0.6 is 22.9 Å². The first-order valence-electron chi connectivity index (χ1n) is 7.91. The first-order valence-corrected chi connectivity index (χ1v) is 9.10. The highest BCUT2D eigenvalue weighted by Gasteiger charge is 2.12. The van der Waals surface area contributed by atoms with E-state index in [-0.39, 0.29) is 5.56 Å². The molecule has 27 heavy (non-hydrogen) atoms. The molecule has 0 atom stereocenters. The van der Waals surface area contributed by atoms with Crippen molar-refractivity contribution in [1.29, 1.82) is 0 Å². The second-order valence-corrected chi connectivity index (χ2v) is 7.11. The molecule has 0 N–H and O–H groups in total. The summed E-state index contributed by atoms with van der Waals surface area (Å²) in [6, 6.07) is 13.9. The molecular weight excluding hydrogens is 386 g/mol. The second kappa shape index (κ2) is 6.94. The fraction of sp³-hybridized carbons (Fsp3) is 0.0526. The predicted octanol–water partition coefficient (Wildman–Crippen LogP) is 2.81. The van der Waals surface area contributed by atoms with Crippen molar-refractivity contribution in [3.63, 3.8) is 0 Å². The Kier molecular flexibility index (Phi) is 4.47. The molecule has 6 nitrogen and oxygen atoms in total. The first kappa shape index (κ1) is 17.4. The van der Waals surface area contributed by atoms with E-state index in [0.717, 1.165) is 11.1 Å². The second-order valence-electron chi connectivity index (χ2n) is 5.67. The lowest BCUT2D eigenvalue weighted by Crippen LogP contribution is -2.23. The van der Waals surface area contributed by atoms with Crippen molar-refractivity contribution in [2.24, 2.45) is 0 Å². The SMILES string of the molecule is COC(=O)c1ccc(C=c2sc3nc(-c4ccc(Cl)cc4)nn3c2=O)cc1. The first-order chi connectivity index (χ1) is 13.0. The lowest BCUT2D eigenvalue weighted by Gasteiger charge is -1.98. The zero-order valence-corrected chi connectivity index (χ0v) is 15.6. The van der Waals surface area contributed by atoms with E-state index in [1.807, 2.05) is 12.1 Å². The molecule has 8 heteroatoms. The molecule has 2 aromatic heterocycles. The Bertz CT molecular complexity index is 1240. The van der Waals surface area contributed by atoms with Gasteiger partial charge in [-0.15, -0.1) is 5.10 Å². The number of aromatic nitrogens is 3. The molecule has 0 saturated heterocycles. The van der Waals surface area contributed by atoms with Crippen LogP contribution in [-0.4, -0.2) is 27.7 Å². The highest BCUT2D eigenvalue weighted by molar-refractivity contribution is 7.15. The summed E-state index contributed by atoms with van der Waals surface area (Å²) in [5, 5.41) is 4.93.